The van der Waals surface area contributed by atoms with Crippen LogP contribution in [0.5, 0.6) is 0 Å². The molecule has 3 heterocycles. The fraction of sp³-hybridized carbons (Fsp3) is 0.0435. The molecule has 0 atom stereocenters. The minimum absolute atomic E-state index is 0.163. The zero-order valence-electron chi connectivity index (χ0n) is 15.1. The number of nitrogens with zero attached hydrogens (tertiary/aromatic N) is 3. The molecule has 5 nitrogen and oxygen atoms in total. The van der Waals surface area contributed by atoms with Gasteiger partial charge in [-0.05, 0) is 48.5 Å². The van der Waals surface area contributed by atoms with E-state index in [1.807, 2.05) is 37.4 Å². The Hall–Kier alpha value is -4.04. The number of aryl methyl sites for hydroxylation is 1. The third kappa shape index (κ3) is 2.22. The average molecular weight is 365 g/mol. The number of aromatic nitrogens is 2. The first-order valence-electron chi connectivity index (χ1n) is 8.86. The summed E-state index contributed by atoms with van der Waals surface area (Å²) in [4.78, 5) is 13.5. The van der Waals surface area contributed by atoms with Crippen LogP contribution in [0.1, 0.15) is 5.56 Å². The van der Waals surface area contributed by atoms with Gasteiger partial charge in [0.2, 0.25) is 0 Å². The number of pyridine rings is 1. The van der Waals surface area contributed by atoms with Crippen LogP contribution < -0.4 is 5.56 Å². The normalized spacial score (nSPS) is 11.1. The summed E-state index contributed by atoms with van der Waals surface area (Å²) in [5.74, 6) is 0.527. The molecule has 0 bridgehead atoms. The fourth-order valence-corrected chi connectivity index (χ4v) is 3.75. The molecule has 5 aromatic rings. The lowest BCUT2D eigenvalue weighted by Crippen LogP contribution is -2.20. The van der Waals surface area contributed by atoms with Crippen molar-refractivity contribution in [3.05, 3.63) is 88.9 Å². The van der Waals surface area contributed by atoms with Gasteiger partial charge in [0.25, 0.3) is 5.56 Å². The molecule has 0 fully saturated rings. The molecule has 0 aliphatic carbocycles. The van der Waals surface area contributed by atoms with Gasteiger partial charge >= 0.3 is 0 Å². The zero-order chi connectivity index (χ0) is 19.3. The van der Waals surface area contributed by atoms with E-state index in [0.29, 0.717) is 22.6 Å². The summed E-state index contributed by atoms with van der Waals surface area (Å²) in [7, 11) is 1.99. The van der Waals surface area contributed by atoms with Gasteiger partial charge in [0.1, 0.15) is 5.76 Å². The highest BCUT2D eigenvalue weighted by molar-refractivity contribution is 6.07. The van der Waals surface area contributed by atoms with Gasteiger partial charge in [0.15, 0.2) is 0 Å². The SMILES string of the molecule is Cn1c2ccccc2c2c1cc(-c1ccco1)c(=O)n2-c1ccc(C#N)cc1. The van der Waals surface area contributed by atoms with Gasteiger partial charge in [-0.25, -0.2) is 0 Å². The summed E-state index contributed by atoms with van der Waals surface area (Å²) in [6.07, 6.45) is 1.56. The number of benzene rings is 2. The highest BCUT2D eigenvalue weighted by atomic mass is 16.3. The first-order valence-corrected chi connectivity index (χ1v) is 8.86. The molecule has 0 saturated carbocycles. The van der Waals surface area contributed by atoms with Crippen LogP contribution in [0.2, 0.25) is 0 Å². The molecule has 0 aliphatic rings. The summed E-state index contributed by atoms with van der Waals surface area (Å²) in [5.41, 5.74) is 4.39. The molecule has 28 heavy (non-hydrogen) atoms. The van der Waals surface area contributed by atoms with E-state index >= 15 is 0 Å². The van der Waals surface area contributed by atoms with Gasteiger partial charge < -0.3 is 8.98 Å². The molecule has 2 aromatic carbocycles. The molecule has 134 valence electrons. The van der Waals surface area contributed by atoms with E-state index in [4.69, 9.17) is 9.68 Å². The lowest BCUT2D eigenvalue weighted by molar-refractivity contribution is 0.581. The lowest BCUT2D eigenvalue weighted by atomic mass is 10.1. The Morgan fingerprint density at radius 3 is 2.46 bits per heavy atom. The van der Waals surface area contributed by atoms with Gasteiger partial charge in [-0.3, -0.25) is 9.36 Å². The number of fused-ring (bicyclic) bond motifs is 3. The van der Waals surface area contributed by atoms with Crippen molar-refractivity contribution < 1.29 is 4.42 Å². The van der Waals surface area contributed by atoms with Crippen molar-refractivity contribution in [1.29, 1.82) is 5.26 Å². The highest BCUT2D eigenvalue weighted by Gasteiger charge is 2.19. The number of nitriles is 1. The molecule has 0 spiro atoms. The summed E-state index contributed by atoms with van der Waals surface area (Å²) < 4.78 is 9.31. The van der Waals surface area contributed by atoms with E-state index in [1.165, 1.54) is 0 Å². The number of hydrogen-bond acceptors (Lipinski definition) is 3. The Kier molecular flexibility index (Phi) is 3.46. The Morgan fingerprint density at radius 2 is 1.75 bits per heavy atom. The van der Waals surface area contributed by atoms with E-state index in [1.54, 1.807) is 47.2 Å². The standard InChI is InChI=1S/C23H15N3O2/c1-25-19-6-3-2-5-17(19)22-20(25)13-18(21-7-4-12-28-21)23(27)26(22)16-10-8-15(14-24)9-11-16/h2-13H,1H3. The summed E-state index contributed by atoms with van der Waals surface area (Å²) in [6, 6.07) is 22.6. The van der Waals surface area contributed by atoms with Crippen molar-refractivity contribution in [3.63, 3.8) is 0 Å². The van der Waals surface area contributed by atoms with Crippen molar-refractivity contribution in [1.82, 2.24) is 9.13 Å². The van der Waals surface area contributed by atoms with Gasteiger partial charge in [0, 0.05) is 18.1 Å². The smallest absolute Gasteiger partial charge is 0.266 e. The van der Waals surface area contributed by atoms with Crippen LogP contribution in [0.4, 0.5) is 0 Å². The number of rotatable bonds is 2. The first kappa shape index (κ1) is 16.2. The molecule has 3 aromatic heterocycles. The number of hydrogen-bond donors (Lipinski definition) is 0. The van der Waals surface area contributed by atoms with Crippen LogP contribution in [0, 0.1) is 11.3 Å². The predicted molar refractivity (Wildman–Crippen MR) is 108 cm³/mol. The first-order chi connectivity index (χ1) is 13.7. The molecule has 0 radical (unpaired) electrons. The van der Waals surface area contributed by atoms with Crippen molar-refractivity contribution in [2.24, 2.45) is 7.05 Å². The number of para-hydroxylation sites is 1. The molecule has 0 saturated heterocycles. The van der Waals surface area contributed by atoms with Crippen molar-refractivity contribution in [2.75, 3.05) is 0 Å². The molecule has 0 unspecified atom stereocenters. The molecular formula is C23H15N3O2. The van der Waals surface area contributed by atoms with E-state index < -0.39 is 0 Å². The van der Waals surface area contributed by atoms with Crippen LogP contribution in [-0.2, 0) is 7.05 Å². The van der Waals surface area contributed by atoms with Crippen LogP contribution in [0.25, 0.3) is 38.9 Å². The maximum atomic E-state index is 13.5. The predicted octanol–water partition coefficient (Wildman–Crippen LogP) is 4.61. The Balaban J connectivity index is 1.98. The summed E-state index contributed by atoms with van der Waals surface area (Å²) in [5, 5.41) is 10.1. The van der Waals surface area contributed by atoms with Crippen LogP contribution in [0.15, 0.2) is 82.2 Å². The summed E-state index contributed by atoms with van der Waals surface area (Å²) >= 11 is 0. The molecule has 5 rings (SSSR count). The van der Waals surface area contributed by atoms with E-state index in [2.05, 4.69) is 10.6 Å². The van der Waals surface area contributed by atoms with Crippen molar-refractivity contribution >= 4 is 21.9 Å². The highest BCUT2D eigenvalue weighted by Crippen LogP contribution is 2.31. The van der Waals surface area contributed by atoms with Crippen LogP contribution >= 0.6 is 0 Å². The van der Waals surface area contributed by atoms with Gasteiger partial charge in [-0.15, -0.1) is 0 Å². The molecule has 0 amide bonds. The fourth-order valence-electron chi connectivity index (χ4n) is 3.75. The third-order valence-electron chi connectivity index (χ3n) is 5.10. The Bertz CT molecular complexity index is 1430. The van der Waals surface area contributed by atoms with Crippen LogP contribution in [-0.4, -0.2) is 9.13 Å². The minimum atomic E-state index is -0.163. The minimum Gasteiger partial charge on any atom is -0.464 e. The Labute approximate surface area is 160 Å². The van der Waals surface area contributed by atoms with Gasteiger partial charge in [-0.1, -0.05) is 18.2 Å². The van der Waals surface area contributed by atoms with Crippen molar-refractivity contribution in [3.8, 4) is 23.1 Å². The third-order valence-corrected chi connectivity index (χ3v) is 5.10. The molecule has 0 N–H and O–H groups in total. The van der Waals surface area contributed by atoms with E-state index in [0.717, 1.165) is 21.9 Å². The zero-order valence-corrected chi connectivity index (χ0v) is 15.1. The maximum Gasteiger partial charge on any atom is 0.266 e. The van der Waals surface area contributed by atoms with Crippen molar-refractivity contribution in [2.45, 2.75) is 0 Å². The average Bonchev–Trinajstić information content (AvgIpc) is 3.36. The summed E-state index contributed by atoms with van der Waals surface area (Å²) in [6.45, 7) is 0. The number of furan rings is 1. The molecule has 0 aliphatic heterocycles. The van der Waals surface area contributed by atoms with E-state index in [9.17, 15) is 4.79 Å². The topological polar surface area (TPSA) is 63.9 Å². The second-order valence-electron chi connectivity index (χ2n) is 6.64. The quantitative estimate of drug-likeness (QED) is 0.459. The van der Waals surface area contributed by atoms with E-state index in [-0.39, 0.29) is 5.56 Å². The molecule has 5 heteroatoms. The second kappa shape index (κ2) is 6.00. The largest absolute Gasteiger partial charge is 0.464 e. The maximum absolute atomic E-state index is 13.5. The monoisotopic (exact) mass is 365 g/mol. The van der Waals surface area contributed by atoms with Gasteiger partial charge in [0.05, 0.1) is 40.0 Å². The Morgan fingerprint density at radius 1 is 0.964 bits per heavy atom. The van der Waals surface area contributed by atoms with Gasteiger partial charge in [-0.2, -0.15) is 5.26 Å². The second-order valence-corrected chi connectivity index (χ2v) is 6.64. The lowest BCUT2D eigenvalue weighted by Gasteiger charge is -2.11. The molecular weight excluding hydrogens is 350 g/mol. The van der Waals surface area contributed by atoms with Crippen LogP contribution in [0.3, 0.4) is 0 Å².